The van der Waals surface area contributed by atoms with Crippen molar-refractivity contribution >= 4 is 34.8 Å². The second kappa shape index (κ2) is 10.3. The molecule has 3 rings (SSSR count). The van der Waals surface area contributed by atoms with Crippen molar-refractivity contribution in [3.8, 4) is 0 Å². The van der Waals surface area contributed by atoms with E-state index in [0.717, 1.165) is 37.0 Å². The molecule has 0 saturated carbocycles. The normalized spacial score (nSPS) is 15.5. The van der Waals surface area contributed by atoms with E-state index in [2.05, 4.69) is 5.32 Å². The van der Waals surface area contributed by atoms with Gasteiger partial charge in [-0.1, -0.05) is 31.4 Å². The Kier molecular flexibility index (Phi) is 7.72. The zero-order valence-electron chi connectivity index (χ0n) is 17.4. The lowest BCUT2D eigenvalue weighted by Gasteiger charge is -2.22. The Morgan fingerprint density at radius 3 is 2.40 bits per heavy atom. The van der Waals surface area contributed by atoms with E-state index in [1.807, 2.05) is 24.5 Å². The molecule has 30 heavy (non-hydrogen) atoms. The van der Waals surface area contributed by atoms with E-state index in [1.165, 1.54) is 11.3 Å². The molecule has 0 aromatic carbocycles. The molecule has 2 aromatic rings. The largest absolute Gasteiger partial charge is 0.350 e. The number of hydrogen-bond donors (Lipinski definition) is 1. The molecule has 8 heteroatoms. The topological polar surface area (TPSA) is 71.4 Å². The predicted molar refractivity (Wildman–Crippen MR) is 121 cm³/mol. The highest BCUT2D eigenvalue weighted by molar-refractivity contribution is 7.16. The summed E-state index contributed by atoms with van der Waals surface area (Å²) in [5.41, 5.74) is -0.437. The van der Waals surface area contributed by atoms with Crippen molar-refractivity contribution in [3.63, 3.8) is 0 Å². The van der Waals surface area contributed by atoms with E-state index in [0.29, 0.717) is 17.4 Å². The SMILES string of the molecule is CC[C@H](C)n1cc(C(=O)NCc2ccc(Cl)s2)c(=O)c(C(=O)N2CCCCCC2)c1. The second-order valence-electron chi connectivity index (χ2n) is 7.71. The lowest BCUT2D eigenvalue weighted by Crippen LogP contribution is -2.38. The fourth-order valence-electron chi connectivity index (χ4n) is 3.53. The van der Waals surface area contributed by atoms with E-state index < -0.39 is 11.3 Å². The van der Waals surface area contributed by atoms with Crippen LogP contribution in [0.1, 0.15) is 77.6 Å². The van der Waals surface area contributed by atoms with Crippen LogP contribution in [0.15, 0.2) is 29.3 Å². The number of nitrogens with one attached hydrogen (secondary N) is 1. The van der Waals surface area contributed by atoms with Crippen molar-refractivity contribution in [1.82, 2.24) is 14.8 Å². The quantitative estimate of drug-likeness (QED) is 0.706. The molecule has 6 nitrogen and oxygen atoms in total. The van der Waals surface area contributed by atoms with Crippen LogP contribution in [0.4, 0.5) is 0 Å². The van der Waals surface area contributed by atoms with Gasteiger partial charge in [0.25, 0.3) is 11.8 Å². The van der Waals surface area contributed by atoms with E-state index >= 15 is 0 Å². The minimum Gasteiger partial charge on any atom is -0.350 e. The average molecular weight is 450 g/mol. The second-order valence-corrected chi connectivity index (χ2v) is 9.51. The molecule has 0 aliphatic carbocycles. The third-order valence-corrected chi connectivity index (χ3v) is 6.80. The predicted octanol–water partition coefficient (Wildman–Crippen LogP) is 4.48. The zero-order valence-corrected chi connectivity index (χ0v) is 19.0. The summed E-state index contributed by atoms with van der Waals surface area (Å²) < 4.78 is 2.45. The molecule has 3 heterocycles. The number of carbonyl (C=O) groups excluding carboxylic acids is 2. The average Bonchev–Trinajstić information content (AvgIpc) is 2.99. The zero-order chi connectivity index (χ0) is 21.7. The Morgan fingerprint density at radius 1 is 1.13 bits per heavy atom. The maximum atomic E-state index is 13.2. The number of aromatic nitrogens is 1. The molecule has 0 radical (unpaired) electrons. The number of rotatable bonds is 6. The first-order valence-electron chi connectivity index (χ1n) is 10.5. The molecule has 0 spiro atoms. The molecule has 1 atom stereocenters. The van der Waals surface area contributed by atoms with Gasteiger partial charge < -0.3 is 14.8 Å². The molecule has 0 bridgehead atoms. The first-order valence-corrected chi connectivity index (χ1v) is 11.7. The number of carbonyl (C=O) groups is 2. The highest BCUT2D eigenvalue weighted by Gasteiger charge is 2.24. The highest BCUT2D eigenvalue weighted by atomic mass is 35.5. The van der Waals surface area contributed by atoms with Crippen LogP contribution in [-0.4, -0.2) is 34.4 Å². The Balaban J connectivity index is 1.91. The van der Waals surface area contributed by atoms with E-state index in [4.69, 9.17) is 11.6 Å². The fraction of sp³-hybridized carbons (Fsp3) is 0.500. The summed E-state index contributed by atoms with van der Waals surface area (Å²) in [5.74, 6) is -0.759. The number of hydrogen-bond acceptors (Lipinski definition) is 4. The van der Waals surface area contributed by atoms with Crippen molar-refractivity contribution in [1.29, 1.82) is 0 Å². The summed E-state index contributed by atoms with van der Waals surface area (Å²) in [4.78, 5) is 41.8. The van der Waals surface area contributed by atoms with Gasteiger partial charge in [0, 0.05) is 36.4 Å². The number of nitrogens with zero attached hydrogens (tertiary/aromatic N) is 2. The Hall–Kier alpha value is -2.12. The summed E-state index contributed by atoms with van der Waals surface area (Å²) in [6.07, 6.45) is 8.05. The lowest BCUT2D eigenvalue weighted by molar-refractivity contribution is 0.0759. The van der Waals surface area contributed by atoms with Crippen molar-refractivity contribution < 1.29 is 9.59 Å². The van der Waals surface area contributed by atoms with Gasteiger partial charge >= 0.3 is 0 Å². The maximum absolute atomic E-state index is 13.2. The summed E-state index contributed by atoms with van der Waals surface area (Å²) in [6.45, 7) is 5.61. The molecular formula is C22H28ClN3O3S. The van der Waals surface area contributed by atoms with Gasteiger partial charge in [-0.2, -0.15) is 0 Å². The van der Waals surface area contributed by atoms with Crippen molar-refractivity contribution in [3.05, 3.63) is 55.1 Å². The van der Waals surface area contributed by atoms with Crippen LogP contribution in [0.5, 0.6) is 0 Å². The molecule has 2 amide bonds. The molecule has 1 aliphatic heterocycles. The van der Waals surface area contributed by atoms with Crippen LogP contribution >= 0.6 is 22.9 Å². The standard InChI is InChI=1S/C22H28ClN3O3S/c1-3-15(2)26-13-17(21(28)24-12-16-8-9-19(23)30-16)20(27)18(14-26)22(29)25-10-6-4-5-7-11-25/h8-9,13-15H,3-7,10-12H2,1-2H3,(H,24,28)/t15-/m0/s1. The minimum atomic E-state index is -0.509. The van der Waals surface area contributed by atoms with Gasteiger partial charge in [-0.25, -0.2) is 0 Å². The summed E-state index contributed by atoms with van der Waals surface area (Å²) >= 11 is 7.32. The third kappa shape index (κ3) is 5.32. The van der Waals surface area contributed by atoms with Crippen LogP contribution in [0, 0.1) is 0 Å². The van der Waals surface area contributed by atoms with Crippen molar-refractivity contribution in [2.45, 2.75) is 58.5 Å². The molecule has 1 aliphatic rings. The van der Waals surface area contributed by atoms with Crippen molar-refractivity contribution in [2.24, 2.45) is 0 Å². The third-order valence-electron chi connectivity index (χ3n) is 5.57. The van der Waals surface area contributed by atoms with E-state index in [9.17, 15) is 14.4 Å². The Labute approximate surface area is 185 Å². The van der Waals surface area contributed by atoms with Crippen LogP contribution < -0.4 is 10.7 Å². The van der Waals surface area contributed by atoms with Crippen molar-refractivity contribution in [2.75, 3.05) is 13.1 Å². The molecule has 1 saturated heterocycles. The van der Waals surface area contributed by atoms with Crippen LogP contribution in [-0.2, 0) is 6.54 Å². The first-order chi connectivity index (χ1) is 14.4. The van der Waals surface area contributed by atoms with Gasteiger partial charge in [-0.15, -0.1) is 11.3 Å². The number of thiophene rings is 1. The van der Waals surface area contributed by atoms with Gasteiger partial charge in [-0.3, -0.25) is 14.4 Å². The monoisotopic (exact) mass is 449 g/mol. The van der Waals surface area contributed by atoms with Gasteiger partial charge in [0.1, 0.15) is 11.1 Å². The van der Waals surface area contributed by atoms with Crippen LogP contribution in [0.25, 0.3) is 0 Å². The Bertz CT molecular complexity index is 961. The maximum Gasteiger partial charge on any atom is 0.259 e. The molecular weight excluding hydrogens is 422 g/mol. The molecule has 0 unspecified atom stereocenters. The van der Waals surface area contributed by atoms with E-state index in [-0.39, 0.29) is 29.6 Å². The minimum absolute atomic E-state index is 0.00127. The number of amides is 2. The molecule has 2 aromatic heterocycles. The smallest absolute Gasteiger partial charge is 0.259 e. The molecule has 1 N–H and O–H groups in total. The van der Waals surface area contributed by atoms with Gasteiger partial charge in [-0.05, 0) is 38.3 Å². The Morgan fingerprint density at radius 2 is 1.80 bits per heavy atom. The first kappa shape index (κ1) is 22.6. The number of halogens is 1. The fourth-order valence-corrected chi connectivity index (χ4v) is 4.56. The van der Waals surface area contributed by atoms with E-state index in [1.54, 1.807) is 23.4 Å². The summed E-state index contributed by atoms with van der Waals surface area (Å²) in [6, 6.07) is 3.66. The molecule has 1 fully saturated rings. The summed E-state index contributed by atoms with van der Waals surface area (Å²) in [5, 5.41) is 2.78. The number of pyridine rings is 1. The highest BCUT2D eigenvalue weighted by Crippen LogP contribution is 2.21. The van der Waals surface area contributed by atoms with Crippen LogP contribution in [0.3, 0.4) is 0 Å². The van der Waals surface area contributed by atoms with Gasteiger partial charge in [0.2, 0.25) is 5.43 Å². The summed E-state index contributed by atoms with van der Waals surface area (Å²) in [7, 11) is 0. The number of likely N-dealkylation sites (tertiary alicyclic amines) is 1. The van der Waals surface area contributed by atoms with Gasteiger partial charge in [0.15, 0.2) is 0 Å². The lowest BCUT2D eigenvalue weighted by atomic mass is 10.1. The van der Waals surface area contributed by atoms with Gasteiger partial charge in [0.05, 0.1) is 10.9 Å². The van der Waals surface area contributed by atoms with Crippen LogP contribution in [0.2, 0.25) is 4.34 Å². The molecule has 162 valence electrons.